The SMILES string of the molecule is CN=C(NCC(c1ccco1)N(C)C)NC1CN(C(=O)OC(C)(C)C)C1.I. The van der Waals surface area contributed by atoms with Gasteiger partial charge in [0.1, 0.15) is 11.4 Å². The van der Waals surface area contributed by atoms with Crippen LogP contribution in [0.3, 0.4) is 0 Å². The third-order valence-electron chi connectivity index (χ3n) is 4.06. The Morgan fingerprint density at radius 2 is 2.11 bits per heavy atom. The number of nitrogens with zero attached hydrogens (tertiary/aromatic N) is 3. The van der Waals surface area contributed by atoms with Crippen molar-refractivity contribution in [3.8, 4) is 0 Å². The molecule has 1 amide bonds. The molecule has 154 valence electrons. The second-order valence-corrected chi connectivity index (χ2v) is 7.67. The summed E-state index contributed by atoms with van der Waals surface area (Å²) in [6.45, 7) is 7.46. The van der Waals surface area contributed by atoms with Crippen molar-refractivity contribution in [1.29, 1.82) is 0 Å². The minimum Gasteiger partial charge on any atom is -0.468 e. The number of rotatable bonds is 5. The van der Waals surface area contributed by atoms with E-state index in [0.717, 1.165) is 5.76 Å². The summed E-state index contributed by atoms with van der Waals surface area (Å²) < 4.78 is 10.9. The summed E-state index contributed by atoms with van der Waals surface area (Å²) in [5, 5.41) is 6.65. The molecular formula is C18H32IN5O3. The third kappa shape index (κ3) is 7.21. The lowest BCUT2D eigenvalue weighted by molar-refractivity contribution is 0.00700. The molecule has 2 N–H and O–H groups in total. The Hall–Kier alpha value is -1.49. The zero-order valence-corrected chi connectivity index (χ0v) is 19.3. The average Bonchev–Trinajstić information content (AvgIpc) is 3.00. The third-order valence-corrected chi connectivity index (χ3v) is 4.06. The number of halogens is 1. The van der Waals surface area contributed by atoms with E-state index >= 15 is 0 Å². The van der Waals surface area contributed by atoms with E-state index in [1.54, 1.807) is 18.2 Å². The quantitative estimate of drug-likeness (QED) is 0.372. The molecule has 1 aromatic heterocycles. The highest BCUT2D eigenvalue weighted by Crippen LogP contribution is 2.18. The molecule has 0 spiro atoms. The fourth-order valence-corrected chi connectivity index (χ4v) is 2.65. The van der Waals surface area contributed by atoms with Crippen molar-refractivity contribution in [2.45, 2.75) is 38.5 Å². The number of furan rings is 1. The Morgan fingerprint density at radius 1 is 1.44 bits per heavy atom. The van der Waals surface area contributed by atoms with E-state index in [2.05, 4.69) is 20.5 Å². The number of ether oxygens (including phenoxy) is 1. The number of hydrogen-bond acceptors (Lipinski definition) is 5. The van der Waals surface area contributed by atoms with Crippen molar-refractivity contribution >= 4 is 36.0 Å². The minimum absolute atomic E-state index is 0. The standard InChI is InChI=1S/C18H31N5O3.HI/c1-18(2,3)26-17(24)23-11-13(12-23)21-16(19-4)20-10-14(22(5)6)15-8-7-9-25-15;/h7-9,13-14H,10-12H2,1-6H3,(H2,19,20,21);1H. The maximum absolute atomic E-state index is 12.0. The zero-order chi connectivity index (χ0) is 19.3. The molecular weight excluding hydrogens is 461 g/mol. The molecule has 0 saturated carbocycles. The summed E-state index contributed by atoms with van der Waals surface area (Å²) in [6.07, 6.45) is 1.41. The molecule has 1 aliphatic rings. The number of carbonyl (C=O) groups is 1. The van der Waals surface area contributed by atoms with Gasteiger partial charge in [-0.15, -0.1) is 24.0 Å². The lowest BCUT2D eigenvalue weighted by Gasteiger charge is -2.40. The van der Waals surface area contributed by atoms with Gasteiger partial charge < -0.3 is 24.7 Å². The first-order valence-corrected chi connectivity index (χ1v) is 8.84. The molecule has 27 heavy (non-hydrogen) atoms. The fraction of sp³-hybridized carbons (Fsp3) is 0.667. The number of likely N-dealkylation sites (tertiary alicyclic amines) is 1. The van der Waals surface area contributed by atoms with E-state index < -0.39 is 5.60 Å². The van der Waals surface area contributed by atoms with Gasteiger partial charge in [-0.25, -0.2) is 4.79 Å². The van der Waals surface area contributed by atoms with Crippen molar-refractivity contribution in [3.63, 3.8) is 0 Å². The van der Waals surface area contributed by atoms with Gasteiger partial charge in [0.2, 0.25) is 0 Å². The van der Waals surface area contributed by atoms with Crippen LogP contribution in [0.4, 0.5) is 4.79 Å². The topological polar surface area (TPSA) is 82.3 Å². The predicted octanol–water partition coefficient (Wildman–Crippen LogP) is 2.28. The van der Waals surface area contributed by atoms with Gasteiger partial charge in [-0.3, -0.25) is 9.89 Å². The van der Waals surface area contributed by atoms with Crippen LogP contribution >= 0.6 is 24.0 Å². The maximum Gasteiger partial charge on any atom is 0.410 e. The molecule has 2 heterocycles. The van der Waals surface area contributed by atoms with Crippen LogP contribution in [0.2, 0.25) is 0 Å². The molecule has 0 bridgehead atoms. The lowest BCUT2D eigenvalue weighted by atomic mass is 10.1. The molecule has 0 aromatic carbocycles. The van der Waals surface area contributed by atoms with E-state index in [9.17, 15) is 4.79 Å². The Morgan fingerprint density at radius 3 is 2.59 bits per heavy atom. The molecule has 9 heteroatoms. The van der Waals surface area contributed by atoms with E-state index in [-0.39, 0.29) is 42.2 Å². The number of carbonyl (C=O) groups excluding carboxylic acids is 1. The van der Waals surface area contributed by atoms with Crippen LogP contribution in [0.1, 0.15) is 32.6 Å². The summed E-state index contributed by atoms with van der Waals surface area (Å²) in [6, 6.07) is 4.12. The van der Waals surface area contributed by atoms with Crippen LogP contribution in [-0.4, -0.2) is 74.3 Å². The predicted molar refractivity (Wildman–Crippen MR) is 117 cm³/mol. The Labute approximate surface area is 178 Å². The summed E-state index contributed by atoms with van der Waals surface area (Å²) in [4.78, 5) is 20.0. The smallest absolute Gasteiger partial charge is 0.410 e. The van der Waals surface area contributed by atoms with Gasteiger partial charge >= 0.3 is 6.09 Å². The first-order valence-electron chi connectivity index (χ1n) is 8.84. The molecule has 1 aromatic rings. The van der Waals surface area contributed by atoms with Gasteiger partial charge in [0.05, 0.1) is 18.3 Å². The molecule has 1 aliphatic heterocycles. The van der Waals surface area contributed by atoms with Crippen LogP contribution in [0.25, 0.3) is 0 Å². The van der Waals surface area contributed by atoms with Crippen LogP contribution < -0.4 is 10.6 Å². The largest absolute Gasteiger partial charge is 0.468 e. The summed E-state index contributed by atoms with van der Waals surface area (Å²) in [5.74, 6) is 1.61. The van der Waals surface area contributed by atoms with E-state index in [0.29, 0.717) is 25.6 Å². The molecule has 1 unspecified atom stereocenters. The summed E-state index contributed by atoms with van der Waals surface area (Å²) in [7, 11) is 5.75. The highest BCUT2D eigenvalue weighted by atomic mass is 127. The number of likely N-dealkylation sites (N-methyl/N-ethyl adjacent to an activating group) is 1. The van der Waals surface area contributed by atoms with Crippen LogP contribution in [0.15, 0.2) is 27.8 Å². The number of nitrogens with one attached hydrogen (secondary N) is 2. The molecule has 1 atom stereocenters. The van der Waals surface area contributed by atoms with Crippen molar-refractivity contribution in [2.24, 2.45) is 4.99 Å². The van der Waals surface area contributed by atoms with Gasteiger partial charge in [-0.1, -0.05) is 0 Å². The number of hydrogen-bond donors (Lipinski definition) is 2. The van der Waals surface area contributed by atoms with Gasteiger partial charge in [0.25, 0.3) is 0 Å². The average molecular weight is 493 g/mol. The molecule has 0 radical (unpaired) electrons. The molecule has 0 aliphatic carbocycles. The lowest BCUT2D eigenvalue weighted by Crippen LogP contribution is -2.63. The van der Waals surface area contributed by atoms with Gasteiger partial charge in [-0.05, 0) is 47.0 Å². The first kappa shape index (κ1) is 23.5. The number of guanidine groups is 1. The monoisotopic (exact) mass is 493 g/mol. The Balaban J connectivity index is 0.00000364. The zero-order valence-electron chi connectivity index (χ0n) is 17.0. The van der Waals surface area contributed by atoms with Crippen molar-refractivity contribution in [3.05, 3.63) is 24.2 Å². The normalized spacial score (nSPS) is 16.4. The Kier molecular flexibility index (Phi) is 8.86. The Bertz CT molecular complexity index is 607. The number of aliphatic imine (C=N–C) groups is 1. The van der Waals surface area contributed by atoms with E-state index in [1.165, 1.54) is 0 Å². The first-order chi connectivity index (χ1) is 12.2. The highest BCUT2D eigenvalue weighted by molar-refractivity contribution is 14.0. The van der Waals surface area contributed by atoms with E-state index in [4.69, 9.17) is 9.15 Å². The van der Waals surface area contributed by atoms with Crippen molar-refractivity contribution < 1.29 is 13.9 Å². The van der Waals surface area contributed by atoms with Gasteiger partial charge in [0, 0.05) is 26.7 Å². The van der Waals surface area contributed by atoms with Crippen molar-refractivity contribution in [2.75, 3.05) is 40.8 Å². The highest BCUT2D eigenvalue weighted by Gasteiger charge is 2.34. The van der Waals surface area contributed by atoms with Crippen LogP contribution in [0, 0.1) is 0 Å². The second kappa shape index (κ2) is 10.2. The second-order valence-electron chi connectivity index (χ2n) is 7.67. The molecule has 1 saturated heterocycles. The molecule has 8 nitrogen and oxygen atoms in total. The van der Waals surface area contributed by atoms with E-state index in [1.807, 2.05) is 47.0 Å². The van der Waals surface area contributed by atoms with Gasteiger partial charge in [0.15, 0.2) is 5.96 Å². The van der Waals surface area contributed by atoms with Gasteiger partial charge in [-0.2, -0.15) is 0 Å². The minimum atomic E-state index is -0.472. The molecule has 1 fully saturated rings. The van der Waals surface area contributed by atoms with Crippen LogP contribution in [-0.2, 0) is 4.74 Å². The fourth-order valence-electron chi connectivity index (χ4n) is 2.65. The summed E-state index contributed by atoms with van der Waals surface area (Å²) in [5.41, 5.74) is -0.472. The van der Waals surface area contributed by atoms with Crippen molar-refractivity contribution in [1.82, 2.24) is 20.4 Å². The van der Waals surface area contributed by atoms with Crippen LogP contribution in [0.5, 0.6) is 0 Å². The summed E-state index contributed by atoms with van der Waals surface area (Å²) >= 11 is 0. The number of amides is 1. The molecule has 2 rings (SSSR count). The maximum atomic E-state index is 12.0.